The molecule has 0 atom stereocenters. The Labute approximate surface area is 105 Å². The summed E-state index contributed by atoms with van der Waals surface area (Å²) < 4.78 is 39.4. The number of rotatable bonds is 1. The van der Waals surface area contributed by atoms with E-state index in [1.807, 2.05) is 0 Å². The average molecular weight is 266 g/mol. The Morgan fingerprint density at radius 1 is 1.21 bits per heavy atom. The van der Waals surface area contributed by atoms with E-state index in [0.717, 1.165) is 12.1 Å². The van der Waals surface area contributed by atoms with Crippen molar-refractivity contribution < 1.29 is 13.2 Å². The summed E-state index contributed by atoms with van der Waals surface area (Å²) in [6.45, 7) is 0. The molecule has 7 heteroatoms. The summed E-state index contributed by atoms with van der Waals surface area (Å²) in [6.07, 6.45) is -2.62. The van der Waals surface area contributed by atoms with Crippen LogP contribution < -0.4 is 0 Å². The van der Waals surface area contributed by atoms with Crippen molar-refractivity contribution in [2.24, 2.45) is 7.05 Å². The highest BCUT2D eigenvalue weighted by Gasteiger charge is 2.30. The Morgan fingerprint density at radius 3 is 2.63 bits per heavy atom. The van der Waals surface area contributed by atoms with Gasteiger partial charge in [-0.15, -0.1) is 0 Å². The third kappa shape index (κ3) is 2.07. The summed E-state index contributed by atoms with van der Waals surface area (Å²) in [6, 6.07) is 5.16. The number of aromatic amines is 1. The first-order valence-electron chi connectivity index (χ1n) is 5.50. The summed E-state index contributed by atoms with van der Waals surface area (Å²) in [5.41, 5.74) is 0.715. The molecule has 0 saturated heterocycles. The normalized spacial score (nSPS) is 12.2. The Bertz CT molecular complexity index is 739. The largest absolute Gasteiger partial charge is 0.416 e. The van der Waals surface area contributed by atoms with E-state index in [9.17, 15) is 13.2 Å². The molecule has 0 radical (unpaired) electrons. The minimum Gasteiger partial charge on any atom is -0.337 e. The van der Waals surface area contributed by atoms with E-state index in [0.29, 0.717) is 22.6 Å². The second-order valence-electron chi connectivity index (χ2n) is 4.19. The van der Waals surface area contributed by atoms with Gasteiger partial charge in [0.25, 0.3) is 0 Å². The van der Waals surface area contributed by atoms with Crippen LogP contribution in [-0.2, 0) is 13.2 Å². The van der Waals surface area contributed by atoms with Crippen LogP contribution in [-0.4, -0.2) is 19.7 Å². The van der Waals surface area contributed by atoms with Crippen LogP contribution in [0.5, 0.6) is 0 Å². The second kappa shape index (κ2) is 3.84. The van der Waals surface area contributed by atoms with E-state index < -0.39 is 11.7 Å². The number of aromatic nitrogens is 4. The first-order valence-corrected chi connectivity index (χ1v) is 5.50. The number of hydrogen-bond acceptors (Lipinski definition) is 2. The Kier molecular flexibility index (Phi) is 2.38. The molecular weight excluding hydrogens is 257 g/mol. The number of benzene rings is 1. The molecule has 1 aromatic carbocycles. The lowest BCUT2D eigenvalue weighted by atomic mass is 10.2. The van der Waals surface area contributed by atoms with E-state index in [1.54, 1.807) is 24.0 Å². The molecule has 0 aliphatic rings. The summed E-state index contributed by atoms with van der Waals surface area (Å²) in [7, 11) is 1.76. The van der Waals surface area contributed by atoms with Crippen LogP contribution in [0.25, 0.3) is 22.6 Å². The summed E-state index contributed by atoms with van der Waals surface area (Å²) in [5.74, 6) is 0.454. The van der Waals surface area contributed by atoms with Gasteiger partial charge in [-0.1, -0.05) is 0 Å². The van der Waals surface area contributed by atoms with Gasteiger partial charge >= 0.3 is 6.18 Å². The molecule has 0 fully saturated rings. The van der Waals surface area contributed by atoms with Gasteiger partial charge in [-0.3, -0.25) is 4.68 Å². The number of aryl methyl sites for hydroxylation is 1. The third-order valence-corrected chi connectivity index (χ3v) is 2.77. The molecule has 1 N–H and O–H groups in total. The van der Waals surface area contributed by atoms with Gasteiger partial charge in [0.1, 0.15) is 5.69 Å². The minimum atomic E-state index is -4.36. The van der Waals surface area contributed by atoms with E-state index in [1.165, 1.54) is 6.07 Å². The van der Waals surface area contributed by atoms with Gasteiger partial charge < -0.3 is 4.98 Å². The first-order chi connectivity index (χ1) is 8.93. The number of nitrogens with zero attached hydrogens (tertiary/aromatic N) is 3. The fraction of sp³-hybridized carbons (Fsp3) is 0.167. The fourth-order valence-electron chi connectivity index (χ4n) is 1.85. The van der Waals surface area contributed by atoms with Crippen molar-refractivity contribution in [1.29, 1.82) is 0 Å². The van der Waals surface area contributed by atoms with Crippen LogP contribution in [0.3, 0.4) is 0 Å². The molecule has 3 rings (SSSR count). The molecule has 2 aromatic heterocycles. The SMILES string of the molecule is Cn1ccc(-c2nc3ccc(C(F)(F)F)cc3[nH]2)n1. The topological polar surface area (TPSA) is 46.5 Å². The second-order valence-corrected chi connectivity index (χ2v) is 4.19. The van der Waals surface area contributed by atoms with E-state index in [-0.39, 0.29) is 0 Å². The standard InChI is InChI=1S/C12H9F3N4/c1-19-5-4-9(18-19)11-16-8-3-2-7(12(13,14)15)6-10(8)17-11/h2-6H,1H3,(H,16,17). The van der Waals surface area contributed by atoms with Crippen LogP contribution in [0.4, 0.5) is 13.2 Å². The molecule has 2 heterocycles. The molecule has 0 aliphatic heterocycles. The van der Waals surface area contributed by atoms with Crippen LogP contribution in [0.2, 0.25) is 0 Å². The lowest BCUT2D eigenvalue weighted by molar-refractivity contribution is -0.137. The summed E-state index contributed by atoms with van der Waals surface area (Å²) >= 11 is 0. The predicted octanol–water partition coefficient (Wildman–Crippen LogP) is 2.98. The number of H-pyrrole nitrogens is 1. The quantitative estimate of drug-likeness (QED) is 0.736. The van der Waals surface area contributed by atoms with Crippen molar-refractivity contribution in [1.82, 2.24) is 19.7 Å². The molecule has 0 amide bonds. The fourth-order valence-corrected chi connectivity index (χ4v) is 1.85. The molecule has 0 saturated carbocycles. The Morgan fingerprint density at radius 2 is 2.00 bits per heavy atom. The smallest absolute Gasteiger partial charge is 0.337 e. The number of imidazole rings is 1. The zero-order valence-corrected chi connectivity index (χ0v) is 9.86. The van der Waals surface area contributed by atoms with Crippen molar-refractivity contribution in [3.05, 3.63) is 36.0 Å². The van der Waals surface area contributed by atoms with E-state index in [4.69, 9.17) is 0 Å². The van der Waals surface area contributed by atoms with E-state index in [2.05, 4.69) is 15.1 Å². The van der Waals surface area contributed by atoms with Crippen molar-refractivity contribution in [3.63, 3.8) is 0 Å². The van der Waals surface area contributed by atoms with Crippen molar-refractivity contribution >= 4 is 11.0 Å². The van der Waals surface area contributed by atoms with Gasteiger partial charge in [0, 0.05) is 13.2 Å². The molecule has 0 aliphatic carbocycles. The maximum absolute atomic E-state index is 12.6. The van der Waals surface area contributed by atoms with Crippen LogP contribution >= 0.6 is 0 Å². The Balaban J connectivity index is 2.11. The van der Waals surface area contributed by atoms with Gasteiger partial charge in [0.2, 0.25) is 0 Å². The molecule has 0 unspecified atom stereocenters. The summed E-state index contributed by atoms with van der Waals surface area (Å²) in [5, 5.41) is 4.15. The Hall–Kier alpha value is -2.31. The van der Waals surface area contributed by atoms with Crippen molar-refractivity contribution in [3.8, 4) is 11.5 Å². The zero-order valence-electron chi connectivity index (χ0n) is 9.86. The van der Waals surface area contributed by atoms with Gasteiger partial charge in [-0.25, -0.2) is 4.98 Å². The molecule has 0 spiro atoms. The lowest BCUT2D eigenvalue weighted by Gasteiger charge is -2.05. The summed E-state index contributed by atoms with van der Waals surface area (Å²) in [4.78, 5) is 7.07. The van der Waals surface area contributed by atoms with Crippen LogP contribution in [0, 0.1) is 0 Å². The molecule has 4 nitrogen and oxygen atoms in total. The van der Waals surface area contributed by atoms with Gasteiger partial charge in [-0.05, 0) is 24.3 Å². The van der Waals surface area contributed by atoms with Gasteiger partial charge in [0.05, 0.1) is 16.6 Å². The highest BCUT2D eigenvalue weighted by atomic mass is 19.4. The van der Waals surface area contributed by atoms with Crippen molar-refractivity contribution in [2.75, 3.05) is 0 Å². The van der Waals surface area contributed by atoms with Crippen LogP contribution in [0.1, 0.15) is 5.56 Å². The number of nitrogens with one attached hydrogen (secondary N) is 1. The maximum Gasteiger partial charge on any atom is 0.416 e. The maximum atomic E-state index is 12.6. The molecule has 0 bridgehead atoms. The highest BCUT2D eigenvalue weighted by Crippen LogP contribution is 2.31. The highest BCUT2D eigenvalue weighted by molar-refractivity contribution is 5.79. The predicted molar refractivity (Wildman–Crippen MR) is 63.3 cm³/mol. The van der Waals surface area contributed by atoms with E-state index >= 15 is 0 Å². The number of fused-ring (bicyclic) bond motifs is 1. The molecule has 98 valence electrons. The molecular formula is C12H9F3N4. The average Bonchev–Trinajstić information content (AvgIpc) is 2.92. The lowest BCUT2D eigenvalue weighted by Crippen LogP contribution is -2.04. The van der Waals surface area contributed by atoms with Crippen LogP contribution in [0.15, 0.2) is 30.5 Å². The molecule has 19 heavy (non-hydrogen) atoms. The number of hydrogen-bond donors (Lipinski definition) is 1. The van der Waals surface area contributed by atoms with Gasteiger partial charge in [0.15, 0.2) is 5.82 Å². The van der Waals surface area contributed by atoms with Gasteiger partial charge in [-0.2, -0.15) is 18.3 Å². The van der Waals surface area contributed by atoms with Crippen molar-refractivity contribution in [2.45, 2.75) is 6.18 Å². The third-order valence-electron chi connectivity index (χ3n) is 2.77. The monoisotopic (exact) mass is 266 g/mol. The number of alkyl halides is 3. The zero-order chi connectivity index (χ0) is 13.6. The minimum absolute atomic E-state index is 0.343. The first kappa shape index (κ1) is 11.8. The number of halogens is 3. The molecule has 3 aromatic rings.